The smallest absolute Gasteiger partial charge is 0.249 e. The summed E-state index contributed by atoms with van der Waals surface area (Å²) in [5.41, 5.74) is 9.41. The second-order valence-corrected chi connectivity index (χ2v) is 3.47. The summed E-state index contributed by atoms with van der Waals surface area (Å²) in [6, 6.07) is 4.05. The Morgan fingerprint density at radius 3 is 2.27 bits per heavy atom. The van der Waals surface area contributed by atoms with Crippen molar-refractivity contribution < 1.29 is 4.79 Å². The van der Waals surface area contributed by atoms with Crippen molar-refractivity contribution in [2.45, 2.75) is 33.6 Å². The Kier molecular flexibility index (Phi) is 5.37. The number of hydrogen-bond donors (Lipinski definition) is 1. The van der Waals surface area contributed by atoms with Crippen molar-refractivity contribution in [3.05, 3.63) is 34.4 Å². The molecule has 84 valence electrons. The molecule has 1 aromatic rings. The lowest BCUT2D eigenvalue weighted by Crippen LogP contribution is -2.16. The van der Waals surface area contributed by atoms with Crippen LogP contribution in [-0.2, 0) is 12.8 Å². The van der Waals surface area contributed by atoms with E-state index in [0.717, 1.165) is 24.0 Å². The molecule has 1 rings (SSSR count). The SMILES string of the molecule is CCc1ccc(C)c(C(N)=O)c1CC.Cl. The van der Waals surface area contributed by atoms with Crippen molar-refractivity contribution >= 4 is 18.3 Å². The van der Waals surface area contributed by atoms with Gasteiger partial charge in [-0.2, -0.15) is 0 Å². The van der Waals surface area contributed by atoms with Crippen LogP contribution in [0.25, 0.3) is 0 Å². The van der Waals surface area contributed by atoms with E-state index in [0.29, 0.717) is 5.56 Å². The second-order valence-electron chi connectivity index (χ2n) is 3.47. The van der Waals surface area contributed by atoms with Crippen LogP contribution in [0.5, 0.6) is 0 Å². The van der Waals surface area contributed by atoms with E-state index in [9.17, 15) is 4.79 Å². The van der Waals surface area contributed by atoms with Crippen LogP contribution in [-0.4, -0.2) is 5.91 Å². The van der Waals surface area contributed by atoms with Gasteiger partial charge in [-0.25, -0.2) is 0 Å². The molecule has 0 saturated heterocycles. The van der Waals surface area contributed by atoms with Gasteiger partial charge in [0.15, 0.2) is 0 Å². The molecular weight excluding hydrogens is 210 g/mol. The van der Waals surface area contributed by atoms with E-state index in [4.69, 9.17) is 5.73 Å². The molecule has 0 fully saturated rings. The summed E-state index contributed by atoms with van der Waals surface area (Å²) in [7, 11) is 0. The second kappa shape index (κ2) is 5.76. The summed E-state index contributed by atoms with van der Waals surface area (Å²) in [6.07, 6.45) is 1.81. The zero-order valence-corrected chi connectivity index (χ0v) is 10.3. The Morgan fingerprint density at radius 1 is 1.27 bits per heavy atom. The first-order valence-electron chi connectivity index (χ1n) is 5.02. The molecule has 15 heavy (non-hydrogen) atoms. The molecule has 1 aromatic carbocycles. The minimum Gasteiger partial charge on any atom is -0.366 e. The first-order chi connectivity index (χ1) is 6.61. The summed E-state index contributed by atoms with van der Waals surface area (Å²) in [5, 5.41) is 0. The van der Waals surface area contributed by atoms with Crippen LogP contribution in [0.4, 0.5) is 0 Å². The van der Waals surface area contributed by atoms with Crippen molar-refractivity contribution in [3.63, 3.8) is 0 Å². The van der Waals surface area contributed by atoms with Gasteiger partial charge >= 0.3 is 0 Å². The van der Waals surface area contributed by atoms with E-state index < -0.39 is 0 Å². The number of halogens is 1. The largest absolute Gasteiger partial charge is 0.366 e. The van der Waals surface area contributed by atoms with Gasteiger partial charge in [0.2, 0.25) is 5.91 Å². The lowest BCUT2D eigenvalue weighted by molar-refractivity contribution is 0.0998. The molecule has 0 unspecified atom stereocenters. The molecule has 0 aliphatic heterocycles. The lowest BCUT2D eigenvalue weighted by atomic mass is 9.93. The standard InChI is InChI=1S/C12H17NO.ClH/c1-4-9-7-6-8(3)11(12(13)14)10(9)5-2;/h6-7H,4-5H2,1-3H3,(H2,13,14);1H. The van der Waals surface area contributed by atoms with Crippen molar-refractivity contribution in [2.24, 2.45) is 5.73 Å². The first-order valence-corrected chi connectivity index (χ1v) is 5.02. The van der Waals surface area contributed by atoms with Crippen molar-refractivity contribution in [3.8, 4) is 0 Å². The molecule has 0 spiro atoms. The number of carbonyl (C=O) groups is 1. The van der Waals surface area contributed by atoms with Crippen LogP contribution in [0.1, 0.15) is 40.9 Å². The van der Waals surface area contributed by atoms with Gasteiger partial charge in [-0.15, -0.1) is 12.4 Å². The van der Waals surface area contributed by atoms with Gasteiger partial charge in [0.1, 0.15) is 0 Å². The van der Waals surface area contributed by atoms with Gasteiger partial charge in [0.25, 0.3) is 0 Å². The summed E-state index contributed by atoms with van der Waals surface area (Å²) in [4.78, 5) is 11.3. The molecule has 2 nitrogen and oxygen atoms in total. The van der Waals surface area contributed by atoms with Gasteiger partial charge < -0.3 is 5.73 Å². The van der Waals surface area contributed by atoms with E-state index in [1.54, 1.807) is 0 Å². The third-order valence-electron chi connectivity index (χ3n) is 2.60. The van der Waals surface area contributed by atoms with Gasteiger partial charge in [-0.3, -0.25) is 4.79 Å². The Morgan fingerprint density at radius 2 is 1.87 bits per heavy atom. The molecule has 0 bridgehead atoms. The van der Waals surface area contributed by atoms with Crippen LogP contribution in [0.15, 0.2) is 12.1 Å². The number of primary amides is 1. The summed E-state index contributed by atoms with van der Waals surface area (Å²) >= 11 is 0. The Hall–Kier alpha value is -1.02. The molecule has 0 aliphatic carbocycles. The summed E-state index contributed by atoms with van der Waals surface area (Å²) in [5.74, 6) is -0.311. The Balaban J connectivity index is 0.00000196. The highest BCUT2D eigenvalue weighted by molar-refractivity contribution is 5.96. The summed E-state index contributed by atoms with van der Waals surface area (Å²) < 4.78 is 0. The van der Waals surface area contributed by atoms with Gasteiger partial charge in [-0.1, -0.05) is 26.0 Å². The maximum absolute atomic E-state index is 11.3. The van der Waals surface area contributed by atoms with Gasteiger partial charge in [0.05, 0.1) is 0 Å². The molecular formula is C12H18ClNO. The number of nitrogens with two attached hydrogens (primary N) is 1. The van der Waals surface area contributed by atoms with E-state index in [1.807, 2.05) is 13.0 Å². The van der Waals surface area contributed by atoms with Crippen LogP contribution in [0.2, 0.25) is 0 Å². The highest BCUT2D eigenvalue weighted by Crippen LogP contribution is 2.19. The van der Waals surface area contributed by atoms with Crippen LogP contribution >= 0.6 is 12.4 Å². The molecule has 0 saturated carbocycles. The number of amides is 1. The normalized spacial score (nSPS) is 9.53. The fourth-order valence-electron chi connectivity index (χ4n) is 1.89. The maximum atomic E-state index is 11.3. The molecule has 1 amide bonds. The minimum absolute atomic E-state index is 0. The first kappa shape index (κ1) is 14.0. The molecule has 0 heterocycles. The number of benzene rings is 1. The number of aryl methyl sites for hydroxylation is 2. The fourth-order valence-corrected chi connectivity index (χ4v) is 1.89. The van der Waals surface area contributed by atoms with Crippen LogP contribution in [0.3, 0.4) is 0 Å². The third-order valence-corrected chi connectivity index (χ3v) is 2.60. The number of hydrogen-bond acceptors (Lipinski definition) is 1. The number of rotatable bonds is 3. The predicted octanol–water partition coefficient (Wildman–Crippen LogP) is 2.64. The zero-order chi connectivity index (χ0) is 10.7. The molecule has 2 N–H and O–H groups in total. The van der Waals surface area contributed by atoms with Crippen molar-refractivity contribution in [1.82, 2.24) is 0 Å². The minimum atomic E-state index is -0.311. The van der Waals surface area contributed by atoms with E-state index in [2.05, 4.69) is 19.9 Å². The predicted molar refractivity (Wildman–Crippen MR) is 65.7 cm³/mol. The number of carbonyl (C=O) groups excluding carboxylic acids is 1. The van der Waals surface area contributed by atoms with E-state index in [1.165, 1.54) is 5.56 Å². The summed E-state index contributed by atoms with van der Waals surface area (Å²) in [6.45, 7) is 6.08. The fraction of sp³-hybridized carbons (Fsp3) is 0.417. The average molecular weight is 228 g/mol. The topological polar surface area (TPSA) is 43.1 Å². The molecule has 0 aliphatic rings. The highest BCUT2D eigenvalue weighted by atomic mass is 35.5. The Labute approximate surface area is 97.3 Å². The third kappa shape index (κ3) is 2.72. The van der Waals surface area contributed by atoms with Crippen molar-refractivity contribution in [2.75, 3.05) is 0 Å². The van der Waals surface area contributed by atoms with Crippen molar-refractivity contribution in [1.29, 1.82) is 0 Å². The molecule has 0 aromatic heterocycles. The molecule has 0 radical (unpaired) electrons. The van der Waals surface area contributed by atoms with Crippen LogP contribution < -0.4 is 5.73 Å². The molecule has 0 atom stereocenters. The van der Waals surface area contributed by atoms with E-state index >= 15 is 0 Å². The molecule has 3 heteroatoms. The quantitative estimate of drug-likeness (QED) is 0.848. The Bertz CT molecular complexity index is 361. The van der Waals surface area contributed by atoms with E-state index in [-0.39, 0.29) is 18.3 Å². The van der Waals surface area contributed by atoms with Gasteiger partial charge in [0, 0.05) is 5.56 Å². The van der Waals surface area contributed by atoms with Gasteiger partial charge in [-0.05, 0) is 36.5 Å². The average Bonchev–Trinajstić information content (AvgIpc) is 2.16. The zero-order valence-electron chi connectivity index (χ0n) is 9.46. The monoisotopic (exact) mass is 227 g/mol. The lowest BCUT2D eigenvalue weighted by Gasteiger charge is -2.12. The highest BCUT2D eigenvalue weighted by Gasteiger charge is 2.12. The van der Waals surface area contributed by atoms with Crippen LogP contribution in [0, 0.1) is 6.92 Å². The maximum Gasteiger partial charge on any atom is 0.249 e.